The molecule has 0 atom stereocenters. The number of aromatic amines is 1. The zero-order valence-electron chi connectivity index (χ0n) is 13.6. The van der Waals surface area contributed by atoms with Gasteiger partial charge in [-0.1, -0.05) is 49.6 Å². The van der Waals surface area contributed by atoms with E-state index in [1.807, 2.05) is 18.5 Å². The molecule has 0 saturated heterocycles. The van der Waals surface area contributed by atoms with Crippen molar-refractivity contribution < 1.29 is 0 Å². The van der Waals surface area contributed by atoms with Crippen molar-refractivity contribution >= 4 is 16.7 Å². The highest BCUT2D eigenvalue weighted by Crippen LogP contribution is 2.36. The molecule has 4 nitrogen and oxygen atoms in total. The summed E-state index contributed by atoms with van der Waals surface area (Å²) in [6.45, 7) is 0. The number of aromatic nitrogens is 4. The molecule has 0 aliphatic heterocycles. The van der Waals surface area contributed by atoms with E-state index in [4.69, 9.17) is 4.98 Å². The van der Waals surface area contributed by atoms with Crippen LogP contribution in [0.15, 0.2) is 48.8 Å². The molecule has 120 valence electrons. The van der Waals surface area contributed by atoms with E-state index in [0.717, 1.165) is 27.9 Å². The summed E-state index contributed by atoms with van der Waals surface area (Å²) in [6.07, 6.45) is 10.4. The Kier molecular flexibility index (Phi) is 3.15. The van der Waals surface area contributed by atoms with Crippen molar-refractivity contribution in [3.63, 3.8) is 0 Å². The van der Waals surface area contributed by atoms with Gasteiger partial charge in [-0.25, -0.2) is 9.97 Å². The Morgan fingerprint density at radius 2 is 1.79 bits per heavy atom. The van der Waals surface area contributed by atoms with E-state index in [-0.39, 0.29) is 0 Å². The number of hydrogen-bond donors (Lipinski definition) is 1. The lowest BCUT2D eigenvalue weighted by atomic mass is 9.89. The van der Waals surface area contributed by atoms with Gasteiger partial charge in [0.2, 0.25) is 0 Å². The minimum Gasteiger partial charge on any atom is -0.345 e. The van der Waals surface area contributed by atoms with Crippen LogP contribution in [0.4, 0.5) is 0 Å². The van der Waals surface area contributed by atoms with Crippen LogP contribution in [0.1, 0.15) is 43.8 Å². The Bertz CT molecular complexity index is 991. The molecule has 3 aromatic heterocycles. The van der Waals surface area contributed by atoms with Gasteiger partial charge in [0.15, 0.2) is 5.65 Å². The van der Waals surface area contributed by atoms with Crippen LogP contribution in [0, 0.1) is 0 Å². The van der Waals surface area contributed by atoms with Crippen LogP contribution in [0.25, 0.3) is 27.9 Å². The fourth-order valence-corrected chi connectivity index (χ4v) is 4.03. The summed E-state index contributed by atoms with van der Waals surface area (Å²) in [5.74, 6) is 1.75. The summed E-state index contributed by atoms with van der Waals surface area (Å²) in [5.41, 5.74) is 5.37. The fourth-order valence-electron chi connectivity index (χ4n) is 4.03. The van der Waals surface area contributed by atoms with Crippen molar-refractivity contribution in [3.05, 3.63) is 54.6 Å². The fraction of sp³-hybridized carbons (Fsp3) is 0.300. The van der Waals surface area contributed by atoms with E-state index in [2.05, 4.69) is 44.7 Å². The molecule has 5 rings (SSSR count). The standard InChI is InChI=1S/C20H20N4/c1-3-7-14(8-4-1)18-17-13-22-19-16(11-12-21-19)24(17)20(23-18)15-9-5-2-6-10-15/h1,3-4,7-8,11-13,15,21H,2,5-6,9-10H2. The van der Waals surface area contributed by atoms with E-state index >= 15 is 0 Å². The molecule has 1 aromatic carbocycles. The molecule has 1 N–H and O–H groups in total. The van der Waals surface area contributed by atoms with Gasteiger partial charge in [0, 0.05) is 17.7 Å². The van der Waals surface area contributed by atoms with Crippen LogP contribution >= 0.6 is 0 Å². The third-order valence-electron chi connectivity index (χ3n) is 5.22. The Labute approximate surface area is 140 Å². The minimum absolute atomic E-state index is 0.546. The Balaban J connectivity index is 1.81. The van der Waals surface area contributed by atoms with Crippen LogP contribution in [0.2, 0.25) is 0 Å². The Morgan fingerprint density at radius 1 is 0.958 bits per heavy atom. The largest absolute Gasteiger partial charge is 0.345 e. The van der Waals surface area contributed by atoms with Crippen LogP contribution in [0.5, 0.6) is 0 Å². The van der Waals surface area contributed by atoms with Crippen molar-refractivity contribution in [3.8, 4) is 11.3 Å². The van der Waals surface area contributed by atoms with Crippen LogP contribution < -0.4 is 0 Å². The number of H-pyrrole nitrogens is 1. The number of hydrogen-bond acceptors (Lipinski definition) is 2. The smallest absolute Gasteiger partial charge is 0.154 e. The third kappa shape index (κ3) is 2.06. The number of nitrogens with one attached hydrogen (secondary N) is 1. The number of imidazole rings is 1. The maximum absolute atomic E-state index is 5.12. The summed E-state index contributed by atoms with van der Waals surface area (Å²) >= 11 is 0. The van der Waals surface area contributed by atoms with Gasteiger partial charge in [0.1, 0.15) is 5.82 Å². The maximum atomic E-state index is 5.12. The summed E-state index contributed by atoms with van der Waals surface area (Å²) in [7, 11) is 0. The molecule has 4 aromatic rings. The monoisotopic (exact) mass is 316 g/mol. The summed E-state index contributed by atoms with van der Waals surface area (Å²) < 4.78 is 2.33. The third-order valence-corrected chi connectivity index (χ3v) is 5.22. The Morgan fingerprint density at radius 3 is 2.62 bits per heavy atom. The highest BCUT2D eigenvalue weighted by atomic mass is 15.1. The Hall–Kier alpha value is -2.62. The second-order valence-corrected chi connectivity index (χ2v) is 6.71. The van der Waals surface area contributed by atoms with Gasteiger partial charge in [0.05, 0.1) is 22.9 Å². The van der Waals surface area contributed by atoms with Crippen molar-refractivity contribution in [2.75, 3.05) is 0 Å². The predicted octanol–water partition coefficient (Wildman–Crippen LogP) is 4.93. The average molecular weight is 316 g/mol. The molecule has 0 spiro atoms. The normalized spacial score (nSPS) is 16.2. The molecule has 1 fully saturated rings. The van der Waals surface area contributed by atoms with Crippen LogP contribution in [-0.4, -0.2) is 19.4 Å². The highest BCUT2D eigenvalue weighted by molar-refractivity contribution is 5.84. The molecule has 4 heteroatoms. The maximum Gasteiger partial charge on any atom is 0.154 e. The molecule has 24 heavy (non-hydrogen) atoms. The molecule has 1 saturated carbocycles. The minimum atomic E-state index is 0.546. The molecule has 1 aliphatic carbocycles. The van der Waals surface area contributed by atoms with Crippen molar-refractivity contribution in [2.45, 2.75) is 38.0 Å². The molecule has 0 bridgehead atoms. The molecular weight excluding hydrogens is 296 g/mol. The highest BCUT2D eigenvalue weighted by Gasteiger charge is 2.24. The summed E-state index contributed by atoms with van der Waals surface area (Å²) in [4.78, 5) is 13.0. The summed E-state index contributed by atoms with van der Waals surface area (Å²) in [5, 5.41) is 0. The SMILES string of the molecule is c1ccc(-c2nc(C3CCCCC3)n3c2cnc2[nH]ccc23)cc1. The second kappa shape index (κ2) is 5.48. The lowest BCUT2D eigenvalue weighted by Gasteiger charge is -2.20. The average Bonchev–Trinajstić information content (AvgIpc) is 3.27. The van der Waals surface area contributed by atoms with Crippen LogP contribution in [0.3, 0.4) is 0 Å². The second-order valence-electron chi connectivity index (χ2n) is 6.71. The molecule has 0 unspecified atom stereocenters. The first-order valence-electron chi connectivity index (χ1n) is 8.82. The molecular formula is C20H20N4. The van der Waals surface area contributed by atoms with Crippen LogP contribution in [-0.2, 0) is 0 Å². The number of benzene rings is 1. The van der Waals surface area contributed by atoms with Gasteiger partial charge in [-0.2, -0.15) is 0 Å². The molecule has 1 aliphatic rings. The predicted molar refractivity (Wildman–Crippen MR) is 96.1 cm³/mol. The van der Waals surface area contributed by atoms with E-state index < -0.39 is 0 Å². The van der Waals surface area contributed by atoms with Gasteiger partial charge in [-0.05, 0) is 18.9 Å². The first-order chi connectivity index (χ1) is 11.9. The number of nitrogens with zero attached hydrogens (tertiary/aromatic N) is 3. The molecule has 0 amide bonds. The zero-order valence-corrected chi connectivity index (χ0v) is 13.6. The first-order valence-corrected chi connectivity index (χ1v) is 8.82. The van der Waals surface area contributed by atoms with E-state index in [1.54, 1.807) is 0 Å². The molecule has 3 heterocycles. The van der Waals surface area contributed by atoms with Crippen molar-refractivity contribution in [1.29, 1.82) is 0 Å². The van der Waals surface area contributed by atoms with E-state index in [1.165, 1.54) is 37.9 Å². The van der Waals surface area contributed by atoms with Gasteiger partial charge in [-0.3, -0.25) is 4.40 Å². The van der Waals surface area contributed by atoms with Gasteiger partial charge < -0.3 is 4.98 Å². The van der Waals surface area contributed by atoms with Gasteiger partial charge in [0.25, 0.3) is 0 Å². The lowest BCUT2D eigenvalue weighted by Crippen LogP contribution is -2.09. The molecule has 0 radical (unpaired) electrons. The topological polar surface area (TPSA) is 46.0 Å². The lowest BCUT2D eigenvalue weighted by molar-refractivity contribution is 0.429. The van der Waals surface area contributed by atoms with Gasteiger partial charge in [-0.15, -0.1) is 0 Å². The quantitative estimate of drug-likeness (QED) is 0.570. The van der Waals surface area contributed by atoms with Crippen molar-refractivity contribution in [1.82, 2.24) is 19.4 Å². The number of rotatable bonds is 2. The number of fused-ring (bicyclic) bond motifs is 3. The van der Waals surface area contributed by atoms with Crippen molar-refractivity contribution in [2.24, 2.45) is 0 Å². The summed E-state index contributed by atoms with van der Waals surface area (Å²) in [6, 6.07) is 12.6. The zero-order chi connectivity index (χ0) is 15.9. The van der Waals surface area contributed by atoms with Gasteiger partial charge >= 0.3 is 0 Å². The van der Waals surface area contributed by atoms with E-state index in [9.17, 15) is 0 Å². The first kappa shape index (κ1) is 13.8. The van der Waals surface area contributed by atoms with E-state index in [0.29, 0.717) is 5.92 Å².